The Morgan fingerprint density at radius 2 is 2.12 bits per heavy atom. The van der Waals surface area contributed by atoms with E-state index in [-0.39, 0.29) is 0 Å². The highest BCUT2D eigenvalue weighted by Gasteiger charge is 2.04. The molecule has 0 radical (unpaired) electrons. The predicted octanol–water partition coefficient (Wildman–Crippen LogP) is 3.74. The third kappa shape index (κ3) is 2.94. The van der Waals surface area contributed by atoms with Gasteiger partial charge in [-0.1, -0.05) is 6.07 Å². The lowest BCUT2D eigenvalue weighted by atomic mass is 10.3. The van der Waals surface area contributed by atoms with Gasteiger partial charge in [0.1, 0.15) is 11.6 Å². The van der Waals surface area contributed by atoms with Gasteiger partial charge in [-0.25, -0.2) is 4.98 Å². The highest BCUT2D eigenvalue weighted by molar-refractivity contribution is 9.10. The third-order valence-electron chi connectivity index (χ3n) is 2.15. The van der Waals surface area contributed by atoms with Crippen LogP contribution in [0, 0.1) is 5.95 Å². The number of anilines is 2. The van der Waals surface area contributed by atoms with Gasteiger partial charge in [-0.15, -0.1) is 0 Å². The minimum Gasteiger partial charge on any atom is -0.497 e. The summed E-state index contributed by atoms with van der Waals surface area (Å²) in [5.74, 6) is 0.639. The van der Waals surface area contributed by atoms with Crippen molar-refractivity contribution in [3.05, 3.63) is 46.8 Å². The highest BCUT2D eigenvalue weighted by Crippen LogP contribution is 2.29. The number of nitrogens with one attached hydrogen (secondary N) is 1. The van der Waals surface area contributed by atoms with Gasteiger partial charge in [-0.2, -0.15) is 4.39 Å². The molecule has 2 aromatic rings. The molecule has 1 aromatic carbocycles. The summed E-state index contributed by atoms with van der Waals surface area (Å²) in [5.41, 5.74) is 0.766. The van der Waals surface area contributed by atoms with Crippen molar-refractivity contribution >= 4 is 27.4 Å². The zero-order chi connectivity index (χ0) is 12.3. The fraction of sp³-hybridized carbons (Fsp3) is 0.0833. The van der Waals surface area contributed by atoms with E-state index in [0.29, 0.717) is 11.6 Å². The van der Waals surface area contributed by atoms with Gasteiger partial charge >= 0.3 is 0 Å². The molecule has 5 heteroatoms. The van der Waals surface area contributed by atoms with Crippen molar-refractivity contribution in [2.75, 3.05) is 12.4 Å². The Balaban J connectivity index is 2.29. The standard InChI is InChI=1S/C12H10BrFN2O/c1-17-8-5-6-9(13)10(7-8)15-12-4-2-3-11(14)16-12/h2-7H,1H3,(H,15,16). The van der Waals surface area contributed by atoms with E-state index in [0.717, 1.165) is 10.2 Å². The smallest absolute Gasteiger partial charge is 0.214 e. The lowest BCUT2D eigenvalue weighted by molar-refractivity contribution is 0.415. The van der Waals surface area contributed by atoms with E-state index in [9.17, 15) is 4.39 Å². The molecule has 0 fully saturated rings. The van der Waals surface area contributed by atoms with E-state index in [4.69, 9.17) is 4.74 Å². The Morgan fingerprint density at radius 3 is 2.82 bits per heavy atom. The summed E-state index contributed by atoms with van der Waals surface area (Å²) in [7, 11) is 1.59. The second kappa shape index (κ2) is 5.14. The molecule has 1 N–H and O–H groups in total. The number of hydrogen-bond donors (Lipinski definition) is 1. The van der Waals surface area contributed by atoms with Crippen molar-refractivity contribution in [1.29, 1.82) is 0 Å². The maximum Gasteiger partial charge on any atom is 0.214 e. The lowest BCUT2D eigenvalue weighted by Crippen LogP contribution is -1.96. The maximum atomic E-state index is 12.9. The molecular formula is C12H10BrFN2O. The average molecular weight is 297 g/mol. The van der Waals surface area contributed by atoms with Crippen molar-refractivity contribution in [3.63, 3.8) is 0 Å². The zero-order valence-corrected chi connectivity index (χ0v) is 10.7. The van der Waals surface area contributed by atoms with Gasteiger partial charge in [0.05, 0.1) is 12.8 Å². The van der Waals surface area contributed by atoms with E-state index in [1.54, 1.807) is 25.3 Å². The highest BCUT2D eigenvalue weighted by atomic mass is 79.9. The van der Waals surface area contributed by atoms with Crippen LogP contribution in [-0.4, -0.2) is 12.1 Å². The van der Waals surface area contributed by atoms with E-state index >= 15 is 0 Å². The fourth-order valence-corrected chi connectivity index (χ4v) is 1.69. The average Bonchev–Trinajstić information content (AvgIpc) is 2.32. The summed E-state index contributed by atoms with van der Waals surface area (Å²) < 4.78 is 18.9. The molecule has 0 atom stereocenters. The minimum atomic E-state index is -0.519. The first kappa shape index (κ1) is 11.9. The molecule has 0 bridgehead atoms. The van der Waals surface area contributed by atoms with Gasteiger partial charge in [-0.05, 0) is 40.2 Å². The molecule has 2 rings (SSSR count). The molecule has 3 nitrogen and oxygen atoms in total. The summed E-state index contributed by atoms with van der Waals surface area (Å²) in [4.78, 5) is 3.73. The van der Waals surface area contributed by atoms with Gasteiger partial charge in [0.15, 0.2) is 0 Å². The topological polar surface area (TPSA) is 34.1 Å². The molecule has 1 heterocycles. The molecule has 0 saturated carbocycles. The minimum absolute atomic E-state index is 0.443. The van der Waals surface area contributed by atoms with Crippen LogP contribution in [0.2, 0.25) is 0 Å². The number of benzene rings is 1. The Labute approximate surface area is 107 Å². The van der Waals surface area contributed by atoms with Crippen molar-refractivity contribution in [1.82, 2.24) is 4.98 Å². The normalized spacial score (nSPS) is 10.1. The number of nitrogens with zero attached hydrogens (tertiary/aromatic N) is 1. The van der Waals surface area contributed by atoms with Crippen LogP contribution in [0.15, 0.2) is 40.9 Å². The number of hydrogen-bond acceptors (Lipinski definition) is 3. The Hall–Kier alpha value is -1.62. The number of aromatic nitrogens is 1. The molecule has 17 heavy (non-hydrogen) atoms. The molecule has 0 spiro atoms. The molecule has 0 saturated heterocycles. The largest absolute Gasteiger partial charge is 0.497 e. The van der Waals surface area contributed by atoms with Crippen LogP contribution >= 0.6 is 15.9 Å². The van der Waals surface area contributed by atoms with Crippen molar-refractivity contribution in [2.45, 2.75) is 0 Å². The maximum absolute atomic E-state index is 12.9. The summed E-state index contributed by atoms with van der Waals surface area (Å²) in [6, 6.07) is 10.1. The summed E-state index contributed by atoms with van der Waals surface area (Å²) in [6.07, 6.45) is 0. The molecule has 1 aromatic heterocycles. The molecule has 0 aliphatic heterocycles. The molecule has 0 aliphatic rings. The van der Waals surface area contributed by atoms with Crippen LogP contribution in [-0.2, 0) is 0 Å². The Kier molecular flexibility index (Phi) is 3.58. The number of pyridine rings is 1. The number of methoxy groups -OCH3 is 1. The van der Waals surface area contributed by atoms with Gasteiger partial charge in [0, 0.05) is 10.5 Å². The van der Waals surface area contributed by atoms with Crippen LogP contribution in [0.1, 0.15) is 0 Å². The molecular weight excluding hydrogens is 287 g/mol. The van der Waals surface area contributed by atoms with E-state index < -0.39 is 5.95 Å². The summed E-state index contributed by atoms with van der Waals surface area (Å²) in [6.45, 7) is 0. The van der Waals surface area contributed by atoms with Crippen molar-refractivity contribution in [2.24, 2.45) is 0 Å². The van der Waals surface area contributed by atoms with Crippen LogP contribution in [0.4, 0.5) is 15.9 Å². The predicted molar refractivity (Wildman–Crippen MR) is 68.2 cm³/mol. The first-order valence-electron chi connectivity index (χ1n) is 4.92. The van der Waals surface area contributed by atoms with Crippen LogP contribution < -0.4 is 10.1 Å². The van der Waals surface area contributed by atoms with Crippen LogP contribution in [0.5, 0.6) is 5.75 Å². The number of halogens is 2. The Morgan fingerprint density at radius 1 is 1.29 bits per heavy atom. The van der Waals surface area contributed by atoms with Gasteiger partial charge in [0.25, 0.3) is 0 Å². The van der Waals surface area contributed by atoms with Crippen LogP contribution in [0.25, 0.3) is 0 Å². The van der Waals surface area contributed by atoms with Gasteiger partial charge < -0.3 is 10.1 Å². The monoisotopic (exact) mass is 296 g/mol. The zero-order valence-electron chi connectivity index (χ0n) is 9.08. The van der Waals surface area contributed by atoms with E-state index in [2.05, 4.69) is 26.2 Å². The number of rotatable bonds is 3. The van der Waals surface area contributed by atoms with E-state index in [1.165, 1.54) is 6.07 Å². The van der Waals surface area contributed by atoms with Gasteiger partial charge in [0.2, 0.25) is 5.95 Å². The molecule has 0 unspecified atom stereocenters. The van der Waals surface area contributed by atoms with Gasteiger partial charge in [-0.3, -0.25) is 0 Å². The first-order valence-corrected chi connectivity index (χ1v) is 5.71. The second-order valence-electron chi connectivity index (χ2n) is 3.32. The summed E-state index contributed by atoms with van der Waals surface area (Å²) >= 11 is 3.40. The summed E-state index contributed by atoms with van der Waals surface area (Å²) in [5, 5.41) is 3.01. The Bertz CT molecular complexity index is 534. The first-order chi connectivity index (χ1) is 8.19. The number of ether oxygens (including phenoxy) is 1. The second-order valence-corrected chi connectivity index (χ2v) is 4.17. The van der Waals surface area contributed by atoms with Crippen LogP contribution in [0.3, 0.4) is 0 Å². The quantitative estimate of drug-likeness (QED) is 0.876. The molecule has 0 aliphatic carbocycles. The van der Waals surface area contributed by atoms with Crippen molar-refractivity contribution in [3.8, 4) is 5.75 Å². The lowest BCUT2D eigenvalue weighted by Gasteiger charge is -2.09. The van der Waals surface area contributed by atoms with Crippen molar-refractivity contribution < 1.29 is 9.13 Å². The van der Waals surface area contributed by atoms with E-state index in [1.807, 2.05) is 12.1 Å². The molecule has 0 amide bonds. The SMILES string of the molecule is COc1ccc(Br)c(Nc2cccc(F)n2)c1. The molecule has 88 valence electrons. The third-order valence-corrected chi connectivity index (χ3v) is 2.84. The fourth-order valence-electron chi connectivity index (χ4n) is 1.34.